The average molecular weight is 362 g/mol. The molecule has 22 heavy (non-hydrogen) atoms. The van der Waals surface area contributed by atoms with Crippen LogP contribution in [0.25, 0.3) is 11.0 Å². The van der Waals surface area contributed by atoms with E-state index in [4.69, 9.17) is 9.84 Å². The van der Waals surface area contributed by atoms with E-state index in [0.29, 0.717) is 22.7 Å². The molecular formula is C15H12BrN3O3. The summed E-state index contributed by atoms with van der Waals surface area (Å²) >= 11 is 3.38. The zero-order valence-corrected chi connectivity index (χ0v) is 13.0. The molecule has 2 aromatic heterocycles. The van der Waals surface area contributed by atoms with Crippen LogP contribution in [0.4, 0.5) is 0 Å². The molecule has 0 aliphatic carbocycles. The Labute approximate surface area is 134 Å². The monoisotopic (exact) mass is 361 g/mol. The largest absolute Gasteiger partial charge is 0.487 e. The number of hydrogen-bond acceptors (Lipinski definition) is 4. The van der Waals surface area contributed by atoms with Gasteiger partial charge in [0, 0.05) is 21.6 Å². The van der Waals surface area contributed by atoms with Crippen molar-refractivity contribution in [1.82, 2.24) is 15.2 Å². The Balaban J connectivity index is 1.82. The van der Waals surface area contributed by atoms with Crippen molar-refractivity contribution in [3.8, 4) is 5.75 Å². The summed E-state index contributed by atoms with van der Waals surface area (Å²) in [6.07, 6.45) is 1.61. The number of nitrogens with one attached hydrogen (secondary N) is 1. The van der Waals surface area contributed by atoms with E-state index in [9.17, 15) is 4.79 Å². The second-order valence-corrected chi connectivity index (χ2v) is 5.60. The molecule has 3 rings (SSSR count). The number of H-pyrrole nitrogens is 1. The Kier molecular flexibility index (Phi) is 4.06. The normalized spacial score (nSPS) is 10.8. The van der Waals surface area contributed by atoms with E-state index < -0.39 is 5.97 Å². The van der Waals surface area contributed by atoms with Gasteiger partial charge in [-0.1, -0.05) is 18.2 Å². The average Bonchev–Trinajstić information content (AvgIpc) is 2.88. The number of fused-ring (bicyclic) bond motifs is 1. The van der Waals surface area contributed by atoms with Crippen molar-refractivity contribution >= 4 is 32.9 Å². The maximum Gasteiger partial charge on any atom is 0.307 e. The van der Waals surface area contributed by atoms with Crippen LogP contribution in [0.3, 0.4) is 0 Å². The lowest BCUT2D eigenvalue weighted by molar-refractivity contribution is -0.136. The maximum absolute atomic E-state index is 10.9. The van der Waals surface area contributed by atoms with Crippen molar-refractivity contribution < 1.29 is 14.6 Å². The zero-order valence-electron chi connectivity index (χ0n) is 11.4. The van der Waals surface area contributed by atoms with Crippen LogP contribution in [0.1, 0.15) is 11.3 Å². The fourth-order valence-corrected chi connectivity index (χ4v) is 2.47. The number of aromatic amines is 1. The fraction of sp³-hybridized carbons (Fsp3) is 0.133. The Morgan fingerprint density at radius 2 is 2.18 bits per heavy atom. The molecular weight excluding hydrogens is 350 g/mol. The van der Waals surface area contributed by atoms with Crippen LogP contribution in [-0.2, 0) is 17.8 Å². The van der Waals surface area contributed by atoms with Gasteiger partial charge in [0.25, 0.3) is 0 Å². The number of aromatic nitrogens is 3. The number of ether oxygens (including phenoxy) is 1. The van der Waals surface area contributed by atoms with Gasteiger partial charge in [-0.3, -0.25) is 9.89 Å². The van der Waals surface area contributed by atoms with Crippen molar-refractivity contribution in [2.75, 3.05) is 0 Å². The van der Waals surface area contributed by atoms with E-state index in [1.54, 1.807) is 24.4 Å². The number of carboxylic acids is 1. The fourth-order valence-electron chi connectivity index (χ4n) is 2.14. The molecule has 0 spiro atoms. The molecule has 0 saturated carbocycles. The highest BCUT2D eigenvalue weighted by Crippen LogP contribution is 2.23. The predicted octanol–water partition coefficient (Wildman–Crippen LogP) is 2.93. The first-order valence-corrected chi connectivity index (χ1v) is 7.34. The van der Waals surface area contributed by atoms with Crippen LogP contribution in [0.2, 0.25) is 0 Å². The predicted molar refractivity (Wildman–Crippen MR) is 83.7 cm³/mol. The van der Waals surface area contributed by atoms with Gasteiger partial charge in [-0.05, 0) is 28.1 Å². The molecule has 2 heterocycles. The minimum Gasteiger partial charge on any atom is -0.487 e. The van der Waals surface area contributed by atoms with Gasteiger partial charge in [-0.25, -0.2) is 4.98 Å². The third kappa shape index (κ3) is 3.09. The SMILES string of the molecule is O=C(O)Cc1ccccc1OCc1n[nH]c2ncc(Br)cc12. The van der Waals surface area contributed by atoms with Crippen molar-refractivity contribution in [2.45, 2.75) is 13.0 Å². The lowest BCUT2D eigenvalue weighted by Gasteiger charge is -2.09. The summed E-state index contributed by atoms with van der Waals surface area (Å²) in [5.74, 6) is -0.349. The van der Waals surface area contributed by atoms with Gasteiger partial charge in [0.15, 0.2) is 5.65 Å². The summed E-state index contributed by atoms with van der Waals surface area (Å²) in [7, 11) is 0. The van der Waals surface area contributed by atoms with Crippen molar-refractivity contribution in [3.05, 3.63) is 52.3 Å². The molecule has 6 nitrogen and oxygen atoms in total. The Morgan fingerprint density at radius 3 is 3.00 bits per heavy atom. The molecule has 2 N–H and O–H groups in total. The number of carbonyl (C=O) groups is 1. The van der Waals surface area contributed by atoms with Gasteiger partial charge in [0.1, 0.15) is 18.1 Å². The number of carboxylic acid groups (broad SMARTS) is 1. The van der Waals surface area contributed by atoms with Crippen LogP contribution < -0.4 is 4.74 Å². The molecule has 0 aliphatic heterocycles. The number of aliphatic carboxylic acids is 1. The Morgan fingerprint density at radius 1 is 1.36 bits per heavy atom. The van der Waals surface area contributed by atoms with Crippen molar-refractivity contribution in [3.63, 3.8) is 0 Å². The Bertz CT molecular complexity index is 832. The number of nitrogens with zero attached hydrogens (tertiary/aromatic N) is 2. The first kappa shape index (κ1) is 14.5. The quantitative estimate of drug-likeness (QED) is 0.729. The molecule has 0 unspecified atom stereocenters. The molecule has 0 amide bonds. The van der Waals surface area contributed by atoms with Crippen LogP contribution in [0, 0.1) is 0 Å². The van der Waals surface area contributed by atoms with Crippen molar-refractivity contribution in [2.24, 2.45) is 0 Å². The van der Waals surface area contributed by atoms with E-state index >= 15 is 0 Å². The lowest BCUT2D eigenvalue weighted by Crippen LogP contribution is -2.04. The number of rotatable bonds is 5. The van der Waals surface area contributed by atoms with E-state index in [1.807, 2.05) is 12.1 Å². The molecule has 0 atom stereocenters. The smallest absolute Gasteiger partial charge is 0.307 e. The number of halogens is 1. The first-order chi connectivity index (χ1) is 10.6. The molecule has 7 heteroatoms. The van der Waals surface area contributed by atoms with Gasteiger partial charge in [-0.15, -0.1) is 0 Å². The van der Waals surface area contributed by atoms with E-state index in [2.05, 4.69) is 31.1 Å². The number of pyridine rings is 1. The number of hydrogen-bond donors (Lipinski definition) is 2. The standard InChI is InChI=1S/C15H12BrN3O3/c16-10-6-11-12(18-19-15(11)17-7-10)8-22-13-4-2-1-3-9(13)5-14(20)21/h1-4,6-7H,5,8H2,(H,20,21)(H,17,18,19). The second-order valence-electron chi connectivity index (χ2n) is 4.69. The molecule has 0 bridgehead atoms. The molecule has 0 radical (unpaired) electrons. The lowest BCUT2D eigenvalue weighted by atomic mass is 10.1. The van der Waals surface area contributed by atoms with Gasteiger partial charge in [0.2, 0.25) is 0 Å². The summed E-state index contributed by atoms with van der Waals surface area (Å²) in [4.78, 5) is 15.1. The zero-order chi connectivity index (χ0) is 15.5. The molecule has 0 saturated heterocycles. The van der Waals surface area contributed by atoms with Crippen LogP contribution >= 0.6 is 15.9 Å². The first-order valence-electron chi connectivity index (χ1n) is 6.54. The highest BCUT2D eigenvalue weighted by atomic mass is 79.9. The van der Waals surface area contributed by atoms with E-state index in [1.165, 1.54) is 0 Å². The molecule has 1 aromatic carbocycles. The maximum atomic E-state index is 10.9. The molecule has 0 fully saturated rings. The van der Waals surface area contributed by atoms with Crippen LogP contribution in [0.15, 0.2) is 41.0 Å². The third-order valence-corrected chi connectivity index (χ3v) is 3.57. The summed E-state index contributed by atoms with van der Waals surface area (Å²) in [5, 5.41) is 16.8. The molecule has 3 aromatic rings. The summed E-state index contributed by atoms with van der Waals surface area (Å²) in [5.41, 5.74) is 2.03. The minimum atomic E-state index is -0.894. The van der Waals surface area contributed by atoms with Gasteiger partial charge >= 0.3 is 5.97 Å². The minimum absolute atomic E-state index is 0.0788. The molecule has 112 valence electrons. The highest BCUT2D eigenvalue weighted by Gasteiger charge is 2.11. The van der Waals surface area contributed by atoms with Gasteiger partial charge in [-0.2, -0.15) is 5.10 Å². The van der Waals surface area contributed by atoms with Crippen LogP contribution in [-0.4, -0.2) is 26.3 Å². The number of benzene rings is 1. The third-order valence-electron chi connectivity index (χ3n) is 3.14. The van der Waals surface area contributed by atoms with Crippen LogP contribution in [0.5, 0.6) is 5.75 Å². The molecule has 0 aliphatic rings. The van der Waals surface area contributed by atoms with Crippen molar-refractivity contribution in [1.29, 1.82) is 0 Å². The number of para-hydroxylation sites is 1. The van der Waals surface area contributed by atoms with E-state index in [-0.39, 0.29) is 13.0 Å². The second kappa shape index (κ2) is 6.15. The summed E-state index contributed by atoms with van der Waals surface area (Å²) < 4.78 is 6.60. The summed E-state index contributed by atoms with van der Waals surface area (Å²) in [6, 6.07) is 9.00. The highest BCUT2D eigenvalue weighted by molar-refractivity contribution is 9.10. The van der Waals surface area contributed by atoms with Gasteiger partial charge in [0.05, 0.1) is 6.42 Å². The topological polar surface area (TPSA) is 88.1 Å². The van der Waals surface area contributed by atoms with Gasteiger partial charge < -0.3 is 9.84 Å². The van der Waals surface area contributed by atoms with E-state index in [0.717, 1.165) is 9.86 Å². The summed E-state index contributed by atoms with van der Waals surface area (Å²) in [6.45, 7) is 0.231. The Hall–Kier alpha value is -2.41.